The zero-order chi connectivity index (χ0) is 6.97. The van der Waals surface area contributed by atoms with Crippen LogP contribution in [0, 0.1) is 11.8 Å². The predicted octanol–water partition coefficient (Wildman–Crippen LogP) is 1.93. The molecule has 2 aliphatic rings. The third-order valence-electron chi connectivity index (χ3n) is 2.69. The Morgan fingerprint density at radius 1 is 1.30 bits per heavy atom. The molecule has 0 unspecified atom stereocenters. The SMILES string of the molecule is O=C1C=C[C@H]2CCCC[C@@H]12. The van der Waals surface area contributed by atoms with Crippen molar-refractivity contribution >= 4 is 5.78 Å². The molecule has 2 aliphatic carbocycles. The fourth-order valence-electron chi connectivity index (χ4n) is 2.09. The summed E-state index contributed by atoms with van der Waals surface area (Å²) in [5, 5.41) is 0. The molecule has 0 aromatic carbocycles. The Kier molecular flexibility index (Phi) is 1.37. The van der Waals surface area contributed by atoms with E-state index in [2.05, 4.69) is 6.08 Å². The normalized spacial score (nSPS) is 38.2. The van der Waals surface area contributed by atoms with E-state index in [1.807, 2.05) is 0 Å². The predicted molar refractivity (Wildman–Crippen MR) is 39.6 cm³/mol. The lowest BCUT2D eigenvalue weighted by atomic mass is 9.81. The molecule has 10 heavy (non-hydrogen) atoms. The van der Waals surface area contributed by atoms with Crippen LogP contribution in [-0.2, 0) is 4.79 Å². The second-order valence-corrected chi connectivity index (χ2v) is 3.32. The summed E-state index contributed by atoms with van der Waals surface area (Å²) in [6, 6.07) is 0. The number of carbonyl (C=O) groups excluding carboxylic acids is 1. The van der Waals surface area contributed by atoms with Gasteiger partial charge in [-0.3, -0.25) is 4.79 Å². The van der Waals surface area contributed by atoms with Crippen LogP contribution in [-0.4, -0.2) is 5.78 Å². The van der Waals surface area contributed by atoms with Crippen molar-refractivity contribution in [2.75, 3.05) is 0 Å². The molecular weight excluding hydrogens is 124 g/mol. The third-order valence-corrected chi connectivity index (χ3v) is 2.69. The lowest BCUT2D eigenvalue weighted by molar-refractivity contribution is -0.119. The summed E-state index contributed by atoms with van der Waals surface area (Å²) in [7, 11) is 0. The fourth-order valence-corrected chi connectivity index (χ4v) is 2.09. The number of carbonyl (C=O) groups is 1. The topological polar surface area (TPSA) is 17.1 Å². The van der Waals surface area contributed by atoms with Crippen LogP contribution in [0.4, 0.5) is 0 Å². The lowest BCUT2D eigenvalue weighted by Gasteiger charge is -2.22. The molecule has 0 aromatic heterocycles. The van der Waals surface area contributed by atoms with E-state index in [0.717, 1.165) is 6.42 Å². The third kappa shape index (κ3) is 0.808. The highest BCUT2D eigenvalue weighted by Crippen LogP contribution is 2.35. The molecular formula is C9H12O. The summed E-state index contributed by atoms with van der Waals surface area (Å²) in [5.41, 5.74) is 0. The minimum absolute atomic E-state index is 0.379. The molecule has 0 bridgehead atoms. The van der Waals surface area contributed by atoms with Gasteiger partial charge in [-0.05, 0) is 24.8 Å². The molecule has 2 rings (SSSR count). The molecule has 1 heteroatoms. The van der Waals surface area contributed by atoms with E-state index in [0.29, 0.717) is 17.6 Å². The molecule has 0 amide bonds. The summed E-state index contributed by atoms with van der Waals surface area (Å²) < 4.78 is 0. The van der Waals surface area contributed by atoms with Crippen LogP contribution in [0.25, 0.3) is 0 Å². The highest BCUT2D eigenvalue weighted by atomic mass is 16.1. The molecule has 1 nitrogen and oxygen atoms in total. The summed E-state index contributed by atoms with van der Waals surface area (Å²) in [6.07, 6.45) is 8.84. The molecule has 0 spiro atoms. The van der Waals surface area contributed by atoms with Gasteiger partial charge in [-0.2, -0.15) is 0 Å². The van der Waals surface area contributed by atoms with Crippen molar-refractivity contribution in [3.8, 4) is 0 Å². The second kappa shape index (κ2) is 2.22. The van der Waals surface area contributed by atoms with E-state index in [-0.39, 0.29) is 0 Å². The van der Waals surface area contributed by atoms with Crippen molar-refractivity contribution in [2.24, 2.45) is 11.8 Å². The zero-order valence-corrected chi connectivity index (χ0v) is 6.05. The number of rotatable bonds is 0. The maximum atomic E-state index is 11.1. The van der Waals surface area contributed by atoms with Crippen LogP contribution in [0.15, 0.2) is 12.2 Å². The number of hydrogen-bond donors (Lipinski definition) is 0. The van der Waals surface area contributed by atoms with Crippen LogP contribution >= 0.6 is 0 Å². The van der Waals surface area contributed by atoms with Crippen LogP contribution in [0.2, 0.25) is 0 Å². The lowest BCUT2D eigenvalue weighted by Crippen LogP contribution is -2.19. The highest BCUT2D eigenvalue weighted by Gasteiger charge is 2.31. The maximum Gasteiger partial charge on any atom is 0.159 e. The molecule has 0 heterocycles. The number of fused-ring (bicyclic) bond motifs is 1. The van der Waals surface area contributed by atoms with Gasteiger partial charge in [0.15, 0.2) is 5.78 Å². The van der Waals surface area contributed by atoms with Crippen molar-refractivity contribution in [3.05, 3.63) is 12.2 Å². The summed E-state index contributed by atoms with van der Waals surface area (Å²) >= 11 is 0. The van der Waals surface area contributed by atoms with E-state index in [1.54, 1.807) is 6.08 Å². The monoisotopic (exact) mass is 136 g/mol. The van der Waals surface area contributed by atoms with E-state index in [1.165, 1.54) is 19.3 Å². The number of hydrogen-bond acceptors (Lipinski definition) is 1. The minimum Gasteiger partial charge on any atom is -0.295 e. The van der Waals surface area contributed by atoms with Gasteiger partial charge in [0.05, 0.1) is 0 Å². The van der Waals surface area contributed by atoms with Gasteiger partial charge in [0.2, 0.25) is 0 Å². The van der Waals surface area contributed by atoms with Gasteiger partial charge in [-0.25, -0.2) is 0 Å². The van der Waals surface area contributed by atoms with Gasteiger partial charge in [-0.15, -0.1) is 0 Å². The fraction of sp³-hybridized carbons (Fsp3) is 0.667. The zero-order valence-electron chi connectivity index (χ0n) is 6.05. The van der Waals surface area contributed by atoms with Gasteiger partial charge in [-0.1, -0.05) is 18.9 Å². The molecule has 0 aliphatic heterocycles. The Labute approximate surface area is 61.1 Å². The van der Waals surface area contributed by atoms with Crippen molar-refractivity contribution < 1.29 is 4.79 Å². The summed E-state index contributed by atoms with van der Waals surface area (Å²) in [4.78, 5) is 11.1. The molecule has 0 radical (unpaired) electrons. The Balaban J connectivity index is 2.14. The average molecular weight is 136 g/mol. The van der Waals surface area contributed by atoms with Crippen LogP contribution < -0.4 is 0 Å². The molecule has 0 N–H and O–H groups in total. The second-order valence-electron chi connectivity index (χ2n) is 3.32. The maximum absolute atomic E-state index is 11.1. The van der Waals surface area contributed by atoms with Crippen molar-refractivity contribution in [1.29, 1.82) is 0 Å². The van der Waals surface area contributed by atoms with Crippen molar-refractivity contribution in [1.82, 2.24) is 0 Å². The van der Waals surface area contributed by atoms with Gasteiger partial charge in [0.1, 0.15) is 0 Å². The van der Waals surface area contributed by atoms with Crippen molar-refractivity contribution in [2.45, 2.75) is 25.7 Å². The van der Waals surface area contributed by atoms with E-state index in [9.17, 15) is 4.79 Å². The van der Waals surface area contributed by atoms with Gasteiger partial charge in [0, 0.05) is 5.92 Å². The van der Waals surface area contributed by atoms with E-state index < -0.39 is 0 Å². The molecule has 0 saturated heterocycles. The van der Waals surface area contributed by atoms with Gasteiger partial charge >= 0.3 is 0 Å². The number of allylic oxidation sites excluding steroid dienone is 2. The van der Waals surface area contributed by atoms with E-state index in [4.69, 9.17) is 0 Å². The van der Waals surface area contributed by atoms with Crippen LogP contribution in [0.3, 0.4) is 0 Å². The molecule has 1 saturated carbocycles. The molecule has 1 fully saturated rings. The smallest absolute Gasteiger partial charge is 0.159 e. The quantitative estimate of drug-likeness (QED) is 0.497. The number of ketones is 1. The Morgan fingerprint density at radius 3 is 2.90 bits per heavy atom. The van der Waals surface area contributed by atoms with E-state index >= 15 is 0 Å². The summed E-state index contributed by atoms with van der Waals surface area (Å²) in [5.74, 6) is 1.37. The van der Waals surface area contributed by atoms with Gasteiger partial charge < -0.3 is 0 Å². The molecule has 2 atom stereocenters. The first-order valence-electron chi connectivity index (χ1n) is 4.10. The first kappa shape index (κ1) is 6.14. The Hall–Kier alpha value is -0.590. The van der Waals surface area contributed by atoms with Crippen LogP contribution in [0.5, 0.6) is 0 Å². The largest absolute Gasteiger partial charge is 0.295 e. The Morgan fingerprint density at radius 2 is 2.10 bits per heavy atom. The minimum atomic E-state index is 0.379. The molecule has 54 valence electrons. The standard InChI is InChI=1S/C9H12O/c10-9-6-5-7-3-1-2-4-8(7)9/h5-8H,1-4H2/t7-,8-/m1/s1. The van der Waals surface area contributed by atoms with Crippen molar-refractivity contribution in [3.63, 3.8) is 0 Å². The van der Waals surface area contributed by atoms with Gasteiger partial charge in [0.25, 0.3) is 0 Å². The van der Waals surface area contributed by atoms with Crippen LogP contribution in [0.1, 0.15) is 25.7 Å². The summed E-state index contributed by atoms with van der Waals surface area (Å²) in [6.45, 7) is 0. The Bertz CT molecular complexity index is 181. The first-order chi connectivity index (χ1) is 4.88. The molecule has 0 aromatic rings. The average Bonchev–Trinajstić information content (AvgIpc) is 2.34. The highest BCUT2D eigenvalue weighted by molar-refractivity contribution is 5.94. The first-order valence-corrected chi connectivity index (χ1v) is 4.10.